The molecule has 2 heterocycles. The highest BCUT2D eigenvalue weighted by Gasteiger charge is 2.39. The molecule has 2 amide bonds. The lowest BCUT2D eigenvalue weighted by Gasteiger charge is -2.31. The van der Waals surface area contributed by atoms with Crippen LogP contribution in [0.1, 0.15) is 45.7 Å². The van der Waals surface area contributed by atoms with E-state index in [1.165, 1.54) is 35.1 Å². The lowest BCUT2D eigenvalue weighted by molar-refractivity contribution is -0.130. The number of thiophene rings is 1. The van der Waals surface area contributed by atoms with Crippen LogP contribution in [-0.4, -0.2) is 62.6 Å². The molecule has 1 fully saturated rings. The molecular weight excluding hydrogens is 511 g/mol. The molecular formula is C25H26Cl2N2O5S. The van der Waals surface area contributed by atoms with Crippen molar-refractivity contribution in [2.24, 2.45) is 5.41 Å². The van der Waals surface area contributed by atoms with Gasteiger partial charge in [0.2, 0.25) is 5.91 Å². The number of carbonyl (C=O) groups is 3. The molecule has 1 aromatic heterocycles. The Morgan fingerprint density at radius 1 is 1.26 bits per heavy atom. The quantitative estimate of drug-likeness (QED) is 0.416. The Balaban J connectivity index is 2.24. The molecule has 2 aromatic rings. The van der Waals surface area contributed by atoms with Crippen molar-refractivity contribution in [2.45, 2.75) is 26.8 Å². The summed E-state index contributed by atoms with van der Waals surface area (Å²) in [5, 5.41) is 0.475. The first kappa shape index (κ1) is 27.0. The molecule has 1 saturated heterocycles. The normalized spacial score (nSPS) is 16.3. The van der Waals surface area contributed by atoms with E-state index in [9.17, 15) is 14.4 Å². The van der Waals surface area contributed by atoms with E-state index in [2.05, 4.69) is 11.8 Å². The Kier molecular flexibility index (Phi) is 8.50. The Morgan fingerprint density at radius 2 is 1.97 bits per heavy atom. The monoisotopic (exact) mass is 536 g/mol. The number of likely N-dealkylation sites (N-methyl/N-ethyl adjacent to an activating group) is 1. The first-order valence-electron chi connectivity index (χ1n) is 10.8. The molecule has 186 valence electrons. The highest BCUT2D eigenvalue weighted by atomic mass is 35.5. The number of halogens is 2. The second-order valence-electron chi connectivity index (χ2n) is 8.97. The number of nitrogens with zero attached hydrogens (tertiary/aromatic N) is 2. The number of rotatable bonds is 4. The average Bonchev–Trinajstić information content (AvgIpc) is 3.14. The van der Waals surface area contributed by atoms with Gasteiger partial charge in [0.05, 0.1) is 41.5 Å². The maximum Gasteiger partial charge on any atom is 0.350 e. The molecule has 0 aliphatic carbocycles. The van der Waals surface area contributed by atoms with Gasteiger partial charge in [0.1, 0.15) is 10.9 Å². The summed E-state index contributed by atoms with van der Waals surface area (Å²) in [6.07, 6.45) is 0. The number of hydrogen-bond donors (Lipinski definition) is 0. The van der Waals surface area contributed by atoms with Gasteiger partial charge >= 0.3 is 5.97 Å². The smallest absolute Gasteiger partial charge is 0.350 e. The van der Waals surface area contributed by atoms with Crippen LogP contribution in [0.4, 0.5) is 5.69 Å². The maximum atomic E-state index is 13.9. The zero-order valence-electron chi connectivity index (χ0n) is 20.1. The van der Waals surface area contributed by atoms with Gasteiger partial charge in [-0.25, -0.2) is 4.79 Å². The molecule has 1 aliphatic rings. The molecule has 0 spiro atoms. The van der Waals surface area contributed by atoms with Crippen LogP contribution in [0, 0.1) is 17.3 Å². The summed E-state index contributed by atoms with van der Waals surface area (Å²) in [5.41, 5.74) is 0.0452. The van der Waals surface area contributed by atoms with E-state index in [0.29, 0.717) is 23.1 Å². The third-order valence-corrected chi connectivity index (χ3v) is 6.67. The number of amides is 2. The van der Waals surface area contributed by atoms with Gasteiger partial charge < -0.3 is 14.4 Å². The minimum absolute atomic E-state index is 0.0560. The Hall–Kier alpha value is -2.57. The number of ether oxygens (including phenoxy) is 2. The van der Waals surface area contributed by atoms with Crippen LogP contribution >= 0.6 is 34.5 Å². The Morgan fingerprint density at radius 3 is 2.60 bits per heavy atom. The van der Waals surface area contributed by atoms with Crippen LogP contribution in [-0.2, 0) is 14.3 Å². The van der Waals surface area contributed by atoms with Crippen molar-refractivity contribution in [1.29, 1.82) is 0 Å². The lowest BCUT2D eigenvalue weighted by atomic mass is 9.98. The number of methoxy groups -OCH3 is 1. The van der Waals surface area contributed by atoms with Crippen molar-refractivity contribution in [3.8, 4) is 11.8 Å². The number of carbonyl (C=O) groups excluding carboxylic acids is 3. The molecule has 35 heavy (non-hydrogen) atoms. The van der Waals surface area contributed by atoms with Gasteiger partial charge in [-0.15, -0.1) is 11.3 Å². The minimum Gasteiger partial charge on any atom is -0.465 e. The molecule has 3 rings (SSSR count). The first-order chi connectivity index (χ1) is 16.4. The SMILES string of the molecule is COC(=O)c1sc(C#CC(C)(C)C)cc1N(C(=O)c1ccc(Cl)cc1Cl)[C@H]1COCCN(C)C1=O. The lowest BCUT2D eigenvalue weighted by Crippen LogP contribution is -2.51. The molecule has 0 unspecified atom stereocenters. The van der Waals surface area contributed by atoms with Gasteiger partial charge in [0, 0.05) is 24.0 Å². The van der Waals surface area contributed by atoms with Gasteiger partial charge in [-0.1, -0.05) is 35.0 Å². The van der Waals surface area contributed by atoms with Crippen molar-refractivity contribution in [1.82, 2.24) is 4.90 Å². The number of benzene rings is 1. The van der Waals surface area contributed by atoms with Crippen LogP contribution in [0.3, 0.4) is 0 Å². The van der Waals surface area contributed by atoms with Gasteiger partial charge in [-0.05, 0) is 45.0 Å². The zero-order valence-corrected chi connectivity index (χ0v) is 22.4. The fourth-order valence-corrected chi connectivity index (χ4v) is 4.75. The van der Waals surface area contributed by atoms with Gasteiger partial charge in [0.15, 0.2) is 0 Å². The highest BCUT2D eigenvalue weighted by molar-refractivity contribution is 7.15. The second kappa shape index (κ2) is 11.0. The van der Waals surface area contributed by atoms with Crippen molar-refractivity contribution in [3.63, 3.8) is 0 Å². The fourth-order valence-electron chi connectivity index (χ4n) is 3.34. The van der Waals surface area contributed by atoms with Crippen molar-refractivity contribution in [3.05, 3.63) is 49.6 Å². The van der Waals surface area contributed by atoms with Crippen LogP contribution in [0.2, 0.25) is 10.0 Å². The zero-order chi connectivity index (χ0) is 25.9. The molecule has 1 aromatic carbocycles. The predicted octanol–water partition coefficient (Wildman–Crippen LogP) is 4.74. The molecule has 7 nitrogen and oxygen atoms in total. The summed E-state index contributed by atoms with van der Waals surface area (Å²) in [5.74, 6) is 4.63. The van der Waals surface area contributed by atoms with Gasteiger partial charge in [-0.3, -0.25) is 14.5 Å². The maximum absolute atomic E-state index is 13.9. The van der Waals surface area contributed by atoms with Crippen molar-refractivity contribution in [2.75, 3.05) is 38.8 Å². The molecule has 0 radical (unpaired) electrons. The topological polar surface area (TPSA) is 76.2 Å². The summed E-state index contributed by atoms with van der Waals surface area (Å²) in [7, 11) is 2.89. The van der Waals surface area contributed by atoms with Crippen LogP contribution in [0.25, 0.3) is 0 Å². The molecule has 1 aliphatic heterocycles. The summed E-state index contributed by atoms with van der Waals surface area (Å²) in [4.78, 5) is 43.4. The molecule has 0 saturated carbocycles. The molecule has 0 N–H and O–H groups in total. The highest BCUT2D eigenvalue weighted by Crippen LogP contribution is 2.35. The summed E-state index contributed by atoms with van der Waals surface area (Å²) in [6.45, 7) is 6.52. The van der Waals surface area contributed by atoms with E-state index in [1.54, 1.807) is 13.1 Å². The van der Waals surface area contributed by atoms with E-state index < -0.39 is 17.9 Å². The van der Waals surface area contributed by atoms with Gasteiger partial charge in [-0.2, -0.15) is 0 Å². The Bertz CT molecular complexity index is 1210. The predicted molar refractivity (Wildman–Crippen MR) is 138 cm³/mol. The summed E-state index contributed by atoms with van der Waals surface area (Å²) >= 11 is 13.5. The standard InChI is InChI=1S/C25H26Cl2N2O5S/c1-25(2,3)9-8-16-13-19(21(35-16)24(32)33-5)29(20-14-34-11-10-28(4)23(20)31)22(30)17-7-6-15(26)12-18(17)27/h6-7,12-13,20H,10-11,14H2,1-5H3/t20-/m0/s1. The Labute approximate surface area is 218 Å². The van der Waals surface area contributed by atoms with Crippen LogP contribution in [0.5, 0.6) is 0 Å². The van der Waals surface area contributed by atoms with E-state index in [-0.39, 0.29) is 39.1 Å². The third kappa shape index (κ3) is 6.36. The number of anilines is 1. The first-order valence-corrected chi connectivity index (χ1v) is 12.4. The largest absolute Gasteiger partial charge is 0.465 e. The second-order valence-corrected chi connectivity index (χ2v) is 10.9. The summed E-state index contributed by atoms with van der Waals surface area (Å²) < 4.78 is 10.6. The van der Waals surface area contributed by atoms with Gasteiger partial charge in [0.25, 0.3) is 5.91 Å². The molecule has 10 heteroatoms. The van der Waals surface area contributed by atoms with E-state index in [4.69, 9.17) is 32.7 Å². The van der Waals surface area contributed by atoms with E-state index >= 15 is 0 Å². The van der Waals surface area contributed by atoms with Crippen molar-refractivity contribution >= 4 is 58.0 Å². The fraction of sp³-hybridized carbons (Fsp3) is 0.400. The molecule has 0 bridgehead atoms. The van der Waals surface area contributed by atoms with E-state index in [0.717, 1.165) is 11.3 Å². The molecule has 1 atom stereocenters. The van der Waals surface area contributed by atoms with Crippen LogP contribution in [0.15, 0.2) is 24.3 Å². The van der Waals surface area contributed by atoms with Crippen molar-refractivity contribution < 1.29 is 23.9 Å². The third-order valence-electron chi connectivity index (χ3n) is 5.10. The number of hydrogen-bond acceptors (Lipinski definition) is 6. The summed E-state index contributed by atoms with van der Waals surface area (Å²) in [6, 6.07) is 5.04. The minimum atomic E-state index is -1.04. The van der Waals surface area contributed by atoms with Crippen LogP contribution < -0.4 is 4.90 Å². The average molecular weight is 537 g/mol. The number of esters is 1. The van der Waals surface area contributed by atoms with E-state index in [1.807, 2.05) is 20.8 Å².